The zero-order valence-corrected chi connectivity index (χ0v) is 14.5. The van der Waals surface area contributed by atoms with E-state index >= 15 is 0 Å². The summed E-state index contributed by atoms with van der Waals surface area (Å²) >= 11 is 0. The molecule has 2 aromatic rings. The number of rotatable bonds is 4. The van der Waals surface area contributed by atoms with Crippen molar-refractivity contribution in [3.63, 3.8) is 0 Å². The van der Waals surface area contributed by atoms with Gasteiger partial charge in [0.15, 0.2) is 0 Å². The lowest BCUT2D eigenvalue weighted by Crippen LogP contribution is -2.38. The number of hydrogen-bond acceptors (Lipinski definition) is 3. The summed E-state index contributed by atoms with van der Waals surface area (Å²) in [5.74, 6) is -0.327. The smallest absolute Gasteiger partial charge is 0.267 e. The maximum absolute atomic E-state index is 12.4. The van der Waals surface area contributed by atoms with Crippen molar-refractivity contribution in [2.75, 3.05) is 5.01 Å². The minimum absolute atomic E-state index is 0.0966. The molecule has 2 aromatic carbocycles. The maximum Gasteiger partial charge on any atom is 0.267 e. The van der Waals surface area contributed by atoms with Gasteiger partial charge in [0.2, 0.25) is 5.91 Å². The maximum atomic E-state index is 12.4. The molecule has 25 heavy (non-hydrogen) atoms. The molecule has 1 aliphatic rings. The second kappa shape index (κ2) is 7.30. The van der Waals surface area contributed by atoms with E-state index in [4.69, 9.17) is 0 Å². The molecule has 3 rings (SSSR count). The fraction of sp³-hybridized carbons (Fsp3) is 0.250. The molecule has 0 radical (unpaired) electrons. The Morgan fingerprint density at radius 2 is 1.84 bits per heavy atom. The van der Waals surface area contributed by atoms with Gasteiger partial charge in [0, 0.05) is 19.4 Å². The topological polar surface area (TPSA) is 61.8 Å². The summed E-state index contributed by atoms with van der Waals surface area (Å²) in [7, 11) is 0. The second-order valence-electron chi connectivity index (χ2n) is 6.26. The van der Waals surface area contributed by atoms with Crippen LogP contribution in [0.15, 0.2) is 53.6 Å². The summed E-state index contributed by atoms with van der Waals surface area (Å²) in [6, 6.07) is 15.5. The monoisotopic (exact) mass is 335 g/mol. The summed E-state index contributed by atoms with van der Waals surface area (Å²) in [6.07, 6.45) is 0.644. The number of carbonyl (C=O) groups is 2. The molecule has 0 unspecified atom stereocenters. The van der Waals surface area contributed by atoms with E-state index in [0.717, 1.165) is 11.1 Å². The van der Waals surface area contributed by atoms with E-state index in [9.17, 15) is 9.59 Å². The van der Waals surface area contributed by atoms with Crippen molar-refractivity contribution >= 4 is 23.2 Å². The fourth-order valence-electron chi connectivity index (χ4n) is 2.67. The van der Waals surface area contributed by atoms with Gasteiger partial charge in [0.1, 0.15) is 5.71 Å². The number of hydrogen-bond donors (Lipinski definition) is 1. The molecular weight excluding hydrogens is 314 g/mol. The highest BCUT2D eigenvalue weighted by atomic mass is 16.2. The zero-order chi connectivity index (χ0) is 17.8. The molecule has 5 heteroatoms. The van der Waals surface area contributed by atoms with E-state index in [0.29, 0.717) is 24.4 Å². The third-order valence-corrected chi connectivity index (χ3v) is 4.11. The van der Waals surface area contributed by atoms with Crippen LogP contribution in [0.3, 0.4) is 0 Å². The Labute approximate surface area is 147 Å². The predicted octanol–water partition coefficient (Wildman–Crippen LogP) is 3.10. The lowest BCUT2D eigenvalue weighted by atomic mass is 10.1. The van der Waals surface area contributed by atoms with E-state index in [1.165, 1.54) is 10.6 Å². The Hall–Kier alpha value is -2.95. The van der Waals surface area contributed by atoms with Gasteiger partial charge in [-0.15, -0.1) is 0 Å². The van der Waals surface area contributed by atoms with Crippen LogP contribution in [0, 0.1) is 13.8 Å². The van der Waals surface area contributed by atoms with Crippen molar-refractivity contribution in [3.8, 4) is 0 Å². The van der Waals surface area contributed by atoms with Crippen LogP contribution in [0.1, 0.15) is 29.5 Å². The third kappa shape index (κ3) is 4.12. The third-order valence-electron chi connectivity index (χ3n) is 4.11. The minimum atomic E-state index is -0.231. The van der Waals surface area contributed by atoms with Crippen LogP contribution in [-0.2, 0) is 16.1 Å². The second-order valence-corrected chi connectivity index (χ2v) is 6.26. The van der Waals surface area contributed by atoms with Crippen LogP contribution >= 0.6 is 0 Å². The van der Waals surface area contributed by atoms with Gasteiger partial charge in [0.05, 0.1) is 5.69 Å². The highest BCUT2D eigenvalue weighted by Crippen LogP contribution is 2.21. The van der Waals surface area contributed by atoms with Gasteiger partial charge in [-0.25, -0.2) is 5.01 Å². The Bertz CT molecular complexity index is 825. The molecule has 0 bridgehead atoms. The average Bonchev–Trinajstić information content (AvgIpc) is 2.61. The lowest BCUT2D eigenvalue weighted by molar-refractivity contribution is -0.119. The molecule has 0 spiro atoms. The van der Waals surface area contributed by atoms with Gasteiger partial charge in [0.25, 0.3) is 5.91 Å². The number of amides is 2. The summed E-state index contributed by atoms with van der Waals surface area (Å²) in [6.45, 7) is 4.42. The molecule has 1 N–H and O–H groups in total. The van der Waals surface area contributed by atoms with Crippen molar-refractivity contribution < 1.29 is 9.59 Å². The van der Waals surface area contributed by atoms with E-state index in [2.05, 4.69) is 10.4 Å². The molecule has 0 fully saturated rings. The SMILES string of the molecule is Cc1ccc(CNC(=O)C2=NN(c3cccc(C)c3)C(=O)CC2)cc1. The number of carbonyl (C=O) groups excluding carboxylic acids is 2. The van der Waals surface area contributed by atoms with Crippen molar-refractivity contribution in [3.05, 3.63) is 65.2 Å². The van der Waals surface area contributed by atoms with E-state index in [-0.39, 0.29) is 18.2 Å². The molecular formula is C20H21N3O2. The minimum Gasteiger partial charge on any atom is -0.347 e. The van der Waals surface area contributed by atoms with Gasteiger partial charge in [-0.3, -0.25) is 9.59 Å². The quantitative estimate of drug-likeness (QED) is 0.933. The van der Waals surface area contributed by atoms with Gasteiger partial charge in [-0.05, 0) is 37.1 Å². The molecule has 0 saturated heterocycles. The van der Waals surface area contributed by atoms with Crippen LogP contribution in [0.25, 0.3) is 0 Å². The van der Waals surface area contributed by atoms with Gasteiger partial charge >= 0.3 is 0 Å². The summed E-state index contributed by atoms with van der Waals surface area (Å²) in [5.41, 5.74) is 4.32. The van der Waals surface area contributed by atoms with E-state index < -0.39 is 0 Å². The number of nitrogens with one attached hydrogen (secondary N) is 1. The highest BCUT2D eigenvalue weighted by Gasteiger charge is 2.25. The molecule has 2 amide bonds. The van der Waals surface area contributed by atoms with Crippen LogP contribution in [-0.4, -0.2) is 17.5 Å². The Morgan fingerprint density at radius 3 is 2.56 bits per heavy atom. The first kappa shape index (κ1) is 16.9. The van der Waals surface area contributed by atoms with Gasteiger partial charge in [-0.1, -0.05) is 42.0 Å². The average molecular weight is 335 g/mol. The highest BCUT2D eigenvalue weighted by molar-refractivity contribution is 6.40. The van der Waals surface area contributed by atoms with Crippen molar-refractivity contribution in [2.24, 2.45) is 5.10 Å². The molecule has 0 saturated carbocycles. The molecule has 128 valence electrons. The summed E-state index contributed by atoms with van der Waals surface area (Å²) < 4.78 is 0. The first-order valence-electron chi connectivity index (χ1n) is 8.34. The van der Waals surface area contributed by atoms with E-state index in [1.54, 1.807) is 0 Å². The standard InChI is InChI=1S/C20H21N3O2/c1-14-6-8-16(9-7-14)13-21-20(25)18-10-11-19(24)23(22-18)17-5-3-4-15(2)12-17/h3-9,12H,10-11,13H2,1-2H3,(H,21,25). The first-order chi connectivity index (χ1) is 12.0. The number of hydrazone groups is 1. The van der Waals surface area contributed by atoms with Gasteiger partial charge < -0.3 is 5.32 Å². The molecule has 1 heterocycles. The summed E-state index contributed by atoms with van der Waals surface area (Å²) in [5, 5.41) is 8.50. The molecule has 5 nitrogen and oxygen atoms in total. The van der Waals surface area contributed by atoms with Crippen LogP contribution in [0.2, 0.25) is 0 Å². The number of benzene rings is 2. The lowest BCUT2D eigenvalue weighted by Gasteiger charge is -2.23. The van der Waals surface area contributed by atoms with Crippen LogP contribution in [0.4, 0.5) is 5.69 Å². The molecule has 0 aliphatic carbocycles. The first-order valence-corrected chi connectivity index (χ1v) is 8.34. The largest absolute Gasteiger partial charge is 0.347 e. The predicted molar refractivity (Wildman–Crippen MR) is 98.4 cm³/mol. The summed E-state index contributed by atoms with van der Waals surface area (Å²) in [4.78, 5) is 24.6. The van der Waals surface area contributed by atoms with Crippen molar-refractivity contribution in [2.45, 2.75) is 33.2 Å². The fourth-order valence-corrected chi connectivity index (χ4v) is 2.67. The number of anilines is 1. The Morgan fingerprint density at radius 1 is 1.08 bits per heavy atom. The molecule has 0 atom stereocenters. The Kier molecular flexibility index (Phi) is 4.93. The van der Waals surface area contributed by atoms with Crippen molar-refractivity contribution in [1.82, 2.24) is 5.32 Å². The van der Waals surface area contributed by atoms with E-state index in [1.807, 2.05) is 62.4 Å². The van der Waals surface area contributed by atoms with Crippen LogP contribution in [0.5, 0.6) is 0 Å². The van der Waals surface area contributed by atoms with Gasteiger partial charge in [-0.2, -0.15) is 5.10 Å². The Balaban J connectivity index is 1.72. The number of nitrogens with zero attached hydrogens (tertiary/aromatic N) is 2. The molecule has 0 aromatic heterocycles. The molecule has 1 aliphatic heterocycles. The zero-order valence-electron chi connectivity index (χ0n) is 14.5. The number of aryl methyl sites for hydroxylation is 2. The van der Waals surface area contributed by atoms with Crippen molar-refractivity contribution in [1.29, 1.82) is 0 Å². The van der Waals surface area contributed by atoms with Crippen LogP contribution < -0.4 is 10.3 Å². The normalized spacial score (nSPS) is 14.2.